The van der Waals surface area contributed by atoms with Crippen LogP contribution in [0.25, 0.3) is 11.1 Å². The van der Waals surface area contributed by atoms with Gasteiger partial charge in [0.2, 0.25) is 0 Å². The predicted molar refractivity (Wildman–Crippen MR) is 72.6 cm³/mol. The van der Waals surface area contributed by atoms with Gasteiger partial charge in [0.1, 0.15) is 0 Å². The first kappa shape index (κ1) is 12.4. The second kappa shape index (κ2) is 5.50. The number of carbonyl (C=O) groups is 1. The van der Waals surface area contributed by atoms with Crippen molar-refractivity contribution in [3.63, 3.8) is 0 Å². The third-order valence-electron chi connectivity index (χ3n) is 2.83. The molecule has 2 aromatic carbocycles. The van der Waals surface area contributed by atoms with Crippen LogP contribution in [0.5, 0.6) is 0 Å². The minimum atomic E-state index is -0.269. The zero-order valence-electron chi connectivity index (χ0n) is 10.6. The van der Waals surface area contributed by atoms with Gasteiger partial charge in [0.25, 0.3) is 0 Å². The summed E-state index contributed by atoms with van der Waals surface area (Å²) in [5.74, 6) is -0.269. The number of carbonyl (C=O) groups excluding carboxylic acids is 1. The Labute approximate surface area is 107 Å². The molecule has 0 fully saturated rings. The monoisotopic (exact) mass is 240 g/mol. The van der Waals surface area contributed by atoms with E-state index in [4.69, 9.17) is 4.74 Å². The molecule has 18 heavy (non-hydrogen) atoms. The number of benzene rings is 2. The SMILES string of the molecule is CCOC(=O)c1ccc(C)c(-c2ccccc2)c1. The lowest BCUT2D eigenvalue weighted by Crippen LogP contribution is -2.04. The molecule has 2 heteroatoms. The fourth-order valence-corrected chi connectivity index (χ4v) is 1.89. The summed E-state index contributed by atoms with van der Waals surface area (Å²) in [5.41, 5.74) is 3.93. The average Bonchev–Trinajstić information content (AvgIpc) is 2.40. The van der Waals surface area contributed by atoms with Crippen LogP contribution >= 0.6 is 0 Å². The number of hydrogen-bond acceptors (Lipinski definition) is 2. The van der Waals surface area contributed by atoms with Gasteiger partial charge in [-0.1, -0.05) is 36.4 Å². The largest absolute Gasteiger partial charge is 0.462 e. The number of ether oxygens (including phenoxy) is 1. The Hall–Kier alpha value is -2.09. The van der Waals surface area contributed by atoms with Crippen LogP contribution in [0.2, 0.25) is 0 Å². The van der Waals surface area contributed by atoms with Crippen molar-refractivity contribution in [3.05, 3.63) is 59.7 Å². The maximum absolute atomic E-state index is 11.7. The summed E-state index contributed by atoms with van der Waals surface area (Å²) in [7, 11) is 0. The van der Waals surface area contributed by atoms with Crippen molar-refractivity contribution in [1.82, 2.24) is 0 Å². The number of rotatable bonds is 3. The lowest BCUT2D eigenvalue weighted by Gasteiger charge is -2.08. The molecule has 0 radical (unpaired) electrons. The Bertz CT molecular complexity index is 544. The van der Waals surface area contributed by atoms with E-state index in [2.05, 4.69) is 0 Å². The Morgan fingerprint density at radius 2 is 1.83 bits per heavy atom. The molecule has 0 aliphatic heterocycles. The smallest absolute Gasteiger partial charge is 0.338 e. The molecule has 92 valence electrons. The van der Waals surface area contributed by atoms with Crippen LogP contribution in [-0.2, 0) is 4.74 Å². The molecule has 0 saturated heterocycles. The Morgan fingerprint density at radius 3 is 2.50 bits per heavy atom. The predicted octanol–water partition coefficient (Wildman–Crippen LogP) is 3.84. The summed E-state index contributed by atoms with van der Waals surface area (Å²) < 4.78 is 5.02. The van der Waals surface area contributed by atoms with Crippen LogP contribution in [-0.4, -0.2) is 12.6 Å². The summed E-state index contributed by atoms with van der Waals surface area (Å²) >= 11 is 0. The first-order valence-corrected chi connectivity index (χ1v) is 6.05. The summed E-state index contributed by atoms with van der Waals surface area (Å²) in [5, 5.41) is 0. The highest BCUT2D eigenvalue weighted by atomic mass is 16.5. The molecule has 0 saturated carbocycles. The van der Waals surface area contributed by atoms with E-state index in [-0.39, 0.29) is 5.97 Å². The topological polar surface area (TPSA) is 26.3 Å². The van der Waals surface area contributed by atoms with E-state index in [1.54, 1.807) is 6.07 Å². The van der Waals surface area contributed by atoms with Crippen molar-refractivity contribution < 1.29 is 9.53 Å². The molecule has 0 aliphatic rings. The third-order valence-corrected chi connectivity index (χ3v) is 2.83. The number of hydrogen-bond donors (Lipinski definition) is 0. The Kier molecular flexibility index (Phi) is 3.78. The fraction of sp³-hybridized carbons (Fsp3) is 0.188. The zero-order valence-corrected chi connectivity index (χ0v) is 10.6. The number of esters is 1. The van der Waals surface area contributed by atoms with Gasteiger partial charge in [0.05, 0.1) is 12.2 Å². The summed E-state index contributed by atoms with van der Waals surface area (Å²) in [6.45, 7) is 4.24. The van der Waals surface area contributed by atoms with Crippen LogP contribution in [0.3, 0.4) is 0 Å². The van der Waals surface area contributed by atoms with Gasteiger partial charge in [0, 0.05) is 0 Å². The van der Waals surface area contributed by atoms with Crippen LogP contribution in [0.1, 0.15) is 22.8 Å². The molecule has 0 amide bonds. The molecule has 0 spiro atoms. The third kappa shape index (κ3) is 2.59. The molecule has 2 nitrogen and oxygen atoms in total. The van der Waals surface area contributed by atoms with Gasteiger partial charge in [-0.3, -0.25) is 0 Å². The molecule has 0 atom stereocenters. The fourth-order valence-electron chi connectivity index (χ4n) is 1.89. The van der Waals surface area contributed by atoms with E-state index in [0.29, 0.717) is 12.2 Å². The molecule has 0 N–H and O–H groups in total. The average molecular weight is 240 g/mol. The first-order valence-electron chi connectivity index (χ1n) is 6.05. The van der Waals surface area contributed by atoms with E-state index in [9.17, 15) is 4.79 Å². The molecule has 2 rings (SSSR count). The molecule has 0 unspecified atom stereocenters. The highest BCUT2D eigenvalue weighted by molar-refractivity contribution is 5.91. The standard InChI is InChI=1S/C16H16O2/c1-3-18-16(17)14-10-9-12(2)15(11-14)13-7-5-4-6-8-13/h4-11H,3H2,1-2H3. The van der Waals surface area contributed by atoms with Gasteiger partial charge in [-0.2, -0.15) is 0 Å². The van der Waals surface area contributed by atoms with Crippen LogP contribution in [0.15, 0.2) is 48.5 Å². The van der Waals surface area contributed by atoms with E-state index in [1.807, 2.05) is 56.3 Å². The van der Waals surface area contributed by atoms with Gasteiger partial charge in [-0.25, -0.2) is 4.79 Å². The highest BCUT2D eigenvalue weighted by Gasteiger charge is 2.09. The minimum Gasteiger partial charge on any atom is -0.462 e. The lowest BCUT2D eigenvalue weighted by molar-refractivity contribution is 0.0526. The van der Waals surface area contributed by atoms with Crippen molar-refractivity contribution in [2.24, 2.45) is 0 Å². The summed E-state index contributed by atoms with van der Waals surface area (Å²) in [4.78, 5) is 11.7. The van der Waals surface area contributed by atoms with E-state index in [1.165, 1.54) is 0 Å². The van der Waals surface area contributed by atoms with Gasteiger partial charge < -0.3 is 4.74 Å². The van der Waals surface area contributed by atoms with Gasteiger partial charge >= 0.3 is 5.97 Å². The van der Waals surface area contributed by atoms with E-state index >= 15 is 0 Å². The van der Waals surface area contributed by atoms with Crippen LogP contribution in [0, 0.1) is 6.92 Å². The van der Waals surface area contributed by atoms with Crippen molar-refractivity contribution in [1.29, 1.82) is 0 Å². The molecule has 0 bridgehead atoms. The van der Waals surface area contributed by atoms with Gasteiger partial charge in [-0.15, -0.1) is 0 Å². The molecule has 2 aromatic rings. The second-order valence-corrected chi connectivity index (χ2v) is 4.12. The van der Waals surface area contributed by atoms with Crippen molar-refractivity contribution in [3.8, 4) is 11.1 Å². The van der Waals surface area contributed by atoms with E-state index < -0.39 is 0 Å². The van der Waals surface area contributed by atoms with E-state index in [0.717, 1.165) is 16.7 Å². The van der Waals surface area contributed by atoms with Gasteiger partial charge in [-0.05, 0) is 42.7 Å². The maximum atomic E-state index is 11.7. The minimum absolute atomic E-state index is 0.269. The number of aryl methyl sites for hydroxylation is 1. The molecule has 0 aliphatic carbocycles. The summed E-state index contributed by atoms with van der Waals surface area (Å²) in [6.07, 6.45) is 0. The Morgan fingerprint density at radius 1 is 1.11 bits per heavy atom. The van der Waals surface area contributed by atoms with Crippen molar-refractivity contribution in [2.45, 2.75) is 13.8 Å². The van der Waals surface area contributed by atoms with Crippen LogP contribution < -0.4 is 0 Å². The van der Waals surface area contributed by atoms with Crippen molar-refractivity contribution in [2.75, 3.05) is 6.61 Å². The highest BCUT2D eigenvalue weighted by Crippen LogP contribution is 2.24. The van der Waals surface area contributed by atoms with Crippen molar-refractivity contribution >= 4 is 5.97 Å². The lowest BCUT2D eigenvalue weighted by atomic mass is 9.98. The molecule has 0 heterocycles. The summed E-state index contributed by atoms with van der Waals surface area (Å²) in [6, 6.07) is 15.7. The zero-order chi connectivity index (χ0) is 13.0. The molecular formula is C16H16O2. The second-order valence-electron chi connectivity index (χ2n) is 4.12. The normalized spacial score (nSPS) is 10.1. The maximum Gasteiger partial charge on any atom is 0.338 e. The Balaban J connectivity index is 2.42. The van der Waals surface area contributed by atoms with Gasteiger partial charge in [0.15, 0.2) is 0 Å². The first-order chi connectivity index (χ1) is 8.72. The molecular weight excluding hydrogens is 224 g/mol. The molecule has 0 aromatic heterocycles. The van der Waals surface area contributed by atoms with Crippen LogP contribution in [0.4, 0.5) is 0 Å². The quantitative estimate of drug-likeness (QED) is 0.762.